The van der Waals surface area contributed by atoms with Crippen molar-refractivity contribution in [2.75, 3.05) is 4.90 Å². The van der Waals surface area contributed by atoms with E-state index in [1.54, 1.807) is 0 Å². The van der Waals surface area contributed by atoms with Crippen molar-refractivity contribution >= 4 is 60.3 Å². The highest BCUT2D eigenvalue weighted by molar-refractivity contribution is 6.13. The summed E-state index contributed by atoms with van der Waals surface area (Å²) < 4.78 is 2.40. The minimum atomic E-state index is 1.01. The molecule has 0 fully saturated rings. The van der Waals surface area contributed by atoms with E-state index in [2.05, 4.69) is 204 Å². The number of anilines is 2. The maximum absolute atomic E-state index is 2.43. The number of rotatable bonds is 6. The summed E-state index contributed by atoms with van der Waals surface area (Å²) >= 11 is 0. The van der Waals surface area contributed by atoms with Crippen molar-refractivity contribution in [2.45, 2.75) is 12.8 Å². The number of fused-ring (bicyclic) bond motifs is 5. The minimum absolute atomic E-state index is 1.01. The summed E-state index contributed by atoms with van der Waals surface area (Å²) in [5, 5.41) is 7.56. The second-order valence-electron chi connectivity index (χ2n) is 13.7. The van der Waals surface area contributed by atoms with Gasteiger partial charge in [-0.2, -0.15) is 0 Å². The molecule has 0 radical (unpaired) electrons. The SMILES string of the molecule is C1=CC(N(c2ccc(-c3ccc(-n4c5ccccc5c5cc6ccccc6cc54)cc3)cc2)c2ccc3ccccc3c2)=C(c2ccccc2)CC1. The van der Waals surface area contributed by atoms with Crippen molar-refractivity contribution in [2.24, 2.45) is 0 Å². The van der Waals surface area contributed by atoms with Crippen molar-refractivity contribution in [3.05, 3.63) is 205 Å². The Hall–Kier alpha value is -6.64. The third-order valence-corrected chi connectivity index (χ3v) is 10.6. The Labute approximate surface area is 303 Å². The Morgan fingerprint density at radius 3 is 1.81 bits per heavy atom. The lowest BCUT2D eigenvalue weighted by molar-refractivity contribution is 1.02. The lowest BCUT2D eigenvalue weighted by atomic mass is 9.93. The molecule has 9 aromatic rings. The fourth-order valence-corrected chi connectivity index (χ4v) is 8.07. The highest BCUT2D eigenvalue weighted by atomic mass is 15.1. The van der Waals surface area contributed by atoms with Crippen LogP contribution in [-0.4, -0.2) is 4.57 Å². The van der Waals surface area contributed by atoms with Crippen LogP contribution in [0.5, 0.6) is 0 Å². The van der Waals surface area contributed by atoms with Crippen LogP contribution in [0.3, 0.4) is 0 Å². The van der Waals surface area contributed by atoms with E-state index >= 15 is 0 Å². The van der Waals surface area contributed by atoms with Gasteiger partial charge in [-0.1, -0.05) is 133 Å². The predicted molar refractivity (Wildman–Crippen MR) is 222 cm³/mol. The molecule has 0 unspecified atom stereocenters. The van der Waals surface area contributed by atoms with E-state index in [4.69, 9.17) is 0 Å². The van der Waals surface area contributed by atoms with Crippen molar-refractivity contribution in [1.29, 1.82) is 0 Å². The van der Waals surface area contributed by atoms with Crippen molar-refractivity contribution in [3.8, 4) is 16.8 Å². The van der Waals surface area contributed by atoms with Gasteiger partial charge in [0.15, 0.2) is 0 Å². The number of para-hydroxylation sites is 1. The average molecular weight is 665 g/mol. The maximum atomic E-state index is 2.43. The molecule has 0 saturated carbocycles. The second-order valence-corrected chi connectivity index (χ2v) is 13.7. The van der Waals surface area contributed by atoms with E-state index in [1.165, 1.54) is 71.3 Å². The van der Waals surface area contributed by atoms with Crippen molar-refractivity contribution in [1.82, 2.24) is 4.57 Å². The summed E-state index contributed by atoms with van der Waals surface area (Å²) in [6, 6.07) is 66.4. The fraction of sp³-hybridized carbons (Fsp3) is 0.0400. The molecular weight excluding hydrogens is 629 g/mol. The van der Waals surface area contributed by atoms with Gasteiger partial charge < -0.3 is 9.47 Å². The van der Waals surface area contributed by atoms with Gasteiger partial charge in [-0.05, 0) is 117 Å². The number of nitrogens with zero attached hydrogens (tertiary/aromatic N) is 2. The van der Waals surface area contributed by atoms with E-state index in [-0.39, 0.29) is 0 Å². The van der Waals surface area contributed by atoms with Crippen molar-refractivity contribution in [3.63, 3.8) is 0 Å². The molecule has 0 atom stereocenters. The van der Waals surface area contributed by atoms with Crippen LogP contribution in [0.15, 0.2) is 200 Å². The van der Waals surface area contributed by atoms with Crippen LogP contribution in [0.2, 0.25) is 0 Å². The number of hydrogen-bond acceptors (Lipinski definition) is 1. The molecule has 2 heteroatoms. The van der Waals surface area contributed by atoms with E-state index in [0.717, 1.165) is 29.9 Å². The first-order valence-electron chi connectivity index (χ1n) is 18.2. The summed E-state index contributed by atoms with van der Waals surface area (Å²) in [4.78, 5) is 2.43. The van der Waals surface area contributed by atoms with Crippen LogP contribution >= 0.6 is 0 Å². The van der Waals surface area contributed by atoms with Crippen LogP contribution < -0.4 is 4.90 Å². The lowest BCUT2D eigenvalue weighted by Gasteiger charge is -2.31. The molecule has 2 nitrogen and oxygen atoms in total. The molecular formula is C50H36N2. The van der Waals surface area contributed by atoms with Crippen molar-refractivity contribution < 1.29 is 0 Å². The largest absolute Gasteiger partial charge is 0.310 e. The van der Waals surface area contributed by atoms with Gasteiger partial charge in [-0.25, -0.2) is 0 Å². The number of hydrogen-bond donors (Lipinski definition) is 0. The van der Waals surface area contributed by atoms with E-state index in [0.29, 0.717) is 0 Å². The molecule has 246 valence electrons. The van der Waals surface area contributed by atoms with Gasteiger partial charge in [0.1, 0.15) is 0 Å². The topological polar surface area (TPSA) is 8.17 Å². The van der Waals surface area contributed by atoms with Crippen LogP contribution in [0.4, 0.5) is 11.4 Å². The normalized spacial score (nSPS) is 13.1. The Balaban J connectivity index is 1.05. The summed E-state index contributed by atoms with van der Waals surface area (Å²) in [5.41, 5.74) is 12.2. The molecule has 52 heavy (non-hydrogen) atoms. The van der Waals surface area contributed by atoms with Crippen LogP contribution in [0.25, 0.3) is 65.7 Å². The third-order valence-electron chi connectivity index (χ3n) is 10.6. The molecule has 1 heterocycles. The summed E-state index contributed by atoms with van der Waals surface area (Å²) in [7, 11) is 0. The van der Waals surface area contributed by atoms with E-state index in [1.807, 2.05) is 0 Å². The van der Waals surface area contributed by atoms with Gasteiger partial charge in [0.2, 0.25) is 0 Å². The van der Waals surface area contributed by atoms with Crippen LogP contribution in [-0.2, 0) is 0 Å². The molecule has 0 N–H and O–H groups in total. The second kappa shape index (κ2) is 12.6. The average Bonchev–Trinajstić information content (AvgIpc) is 3.54. The van der Waals surface area contributed by atoms with E-state index < -0.39 is 0 Å². The minimum Gasteiger partial charge on any atom is -0.310 e. The monoisotopic (exact) mass is 664 g/mol. The Kier molecular flexibility index (Phi) is 7.32. The number of aromatic nitrogens is 1. The zero-order valence-corrected chi connectivity index (χ0v) is 28.8. The van der Waals surface area contributed by atoms with Gasteiger partial charge >= 0.3 is 0 Å². The first-order chi connectivity index (χ1) is 25.8. The van der Waals surface area contributed by atoms with Gasteiger partial charge in [0.05, 0.1) is 11.0 Å². The predicted octanol–water partition coefficient (Wildman–Crippen LogP) is 13.7. The Bertz CT molecular complexity index is 2820. The highest BCUT2D eigenvalue weighted by Crippen LogP contribution is 2.40. The molecule has 0 bridgehead atoms. The summed E-state index contributed by atoms with van der Waals surface area (Å²) in [6.45, 7) is 0. The molecule has 0 aliphatic heterocycles. The molecule has 1 aliphatic carbocycles. The molecule has 0 amide bonds. The smallest absolute Gasteiger partial charge is 0.0547 e. The zero-order chi connectivity index (χ0) is 34.4. The number of allylic oxidation sites excluding steroid dienone is 3. The third kappa shape index (κ3) is 5.20. The molecule has 10 rings (SSSR count). The summed E-state index contributed by atoms with van der Waals surface area (Å²) in [6.07, 6.45) is 6.67. The van der Waals surface area contributed by atoms with Gasteiger partial charge in [0, 0.05) is 33.5 Å². The first kappa shape index (κ1) is 30.2. The first-order valence-corrected chi connectivity index (χ1v) is 18.2. The van der Waals surface area contributed by atoms with E-state index in [9.17, 15) is 0 Å². The molecule has 1 aromatic heterocycles. The quantitative estimate of drug-likeness (QED) is 0.172. The van der Waals surface area contributed by atoms with Crippen LogP contribution in [0, 0.1) is 0 Å². The molecule has 8 aromatic carbocycles. The highest BCUT2D eigenvalue weighted by Gasteiger charge is 2.21. The fourth-order valence-electron chi connectivity index (χ4n) is 8.07. The molecule has 0 saturated heterocycles. The summed E-state index contributed by atoms with van der Waals surface area (Å²) in [5.74, 6) is 0. The Morgan fingerprint density at radius 2 is 1.04 bits per heavy atom. The Morgan fingerprint density at radius 1 is 0.423 bits per heavy atom. The number of benzene rings is 8. The van der Waals surface area contributed by atoms with Crippen LogP contribution in [0.1, 0.15) is 18.4 Å². The van der Waals surface area contributed by atoms with Gasteiger partial charge in [-0.15, -0.1) is 0 Å². The lowest BCUT2D eigenvalue weighted by Crippen LogP contribution is -2.18. The van der Waals surface area contributed by atoms with Gasteiger partial charge in [0.25, 0.3) is 0 Å². The maximum Gasteiger partial charge on any atom is 0.0547 e. The van der Waals surface area contributed by atoms with Gasteiger partial charge in [-0.3, -0.25) is 0 Å². The molecule has 0 spiro atoms. The zero-order valence-electron chi connectivity index (χ0n) is 28.8. The standard InChI is InChI=1S/C50H36N2/c1-2-13-38(14-3-1)45-18-8-10-20-48(45)51(44-31-26-35-12-4-5-15-39(35)32-44)42-27-22-36(23-28-42)37-24-29-43(30-25-37)52-49-21-11-9-19-46(49)47-33-40-16-6-7-17-41(40)34-50(47)52/h1-7,9-17,19-34H,8,18H2. The molecule has 1 aliphatic rings.